The number of morpholine rings is 1. The molecule has 0 radical (unpaired) electrons. The molecule has 7 N–H and O–H groups in total. The van der Waals surface area contributed by atoms with E-state index in [1.807, 2.05) is 0 Å². The first-order chi connectivity index (χ1) is 21.9. The molecule has 2 fully saturated rings. The van der Waals surface area contributed by atoms with Gasteiger partial charge in [-0.2, -0.15) is 5.26 Å². The standard InChI is InChI=1S/C32H34N2O12.H2O/c1-14-27(37)18(34-6-7-44-13-15(34)11-33)8-22(45-14)46-20-10-32(42,21(36)12-35)9-17-24(20)31(41)26-25(29(17)39)28(38)16-4-3-5-19(43-2)23(16)30(26)40;/h3-5,14-15,18,20,22,27,35,37,39,41-42H,6-10,12-13H2,1-2H3;1H2/t14-,15?,18-,20-,22-,27+,32-;/m0./s1. The van der Waals surface area contributed by atoms with E-state index in [1.165, 1.54) is 25.3 Å². The van der Waals surface area contributed by atoms with Crippen LogP contribution in [0.2, 0.25) is 0 Å². The molecule has 2 aliphatic carbocycles. The molecule has 2 aliphatic heterocycles. The first kappa shape index (κ1) is 34.4. The van der Waals surface area contributed by atoms with Gasteiger partial charge in [0, 0.05) is 48.5 Å². The number of hydrogen-bond acceptors (Lipinski definition) is 14. The number of hydrogen-bond donors (Lipinski definition) is 5. The monoisotopic (exact) mass is 656 g/mol. The van der Waals surface area contributed by atoms with E-state index >= 15 is 0 Å². The summed E-state index contributed by atoms with van der Waals surface area (Å²) in [5.74, 6) is -3.87. The molecule has 6 rings (SSSR count). The second-order valence-electron chi connectivity index (χ2n) is 12.0. The Morgan fingerprint density at radius 2 is 1.89 bits per heavy atom. The lowest BCUT2D eigenvalue weighted by Gasteiger charge is -2.47. The fourth-order valence-corrected chi connectivity index (χ4v) is 7.15. The first-order valence-corrected chi connectivity index (χ1v) is 14.9. The van der Waals surface area contributed by atoms with Crippen molar-refractivity contribution in [2.75, 3.05) is 33.5 Å². The minimum atomic E-state index is -2.29. The summed E-state index contributed by atoms with van der Waals surface area (Å²) in [4.78, 5) is 42.2. The largest absolute Gasteiger partial charge is 0.507 e. The number of aliphatic hydroxyl groups excluding tert-OH is 2. The van der Waals surface area contributed by atoms with E-state index in [9.17, 15) is 45.2 Å². The van der Waals surface area contributed by atoms with Crippen molar-refractivity contribution in [2.24, 2.45) is 0 Å². The maximum Gasteiger partial charge on any atom is 0.202 e. The average Bonchev–Trinajstić information content (AvgIpc) is 3.05. The van der Waals surface area contributed by atoms with Gasteiger partial charge in [-0.25, -0.2) is 0 Å². The number of phenols is 2. The lowest BCUT2D eigenvalue weighted by atomic mass is 9.72. The highest BCUT2D eigenvalue weighted by molar-refractivity contribution is 6.31. The summed E-state index contributed by atoms with van der Waals surface area (Å²) in [5, 5.41) is 65.1. The molecule has 0 spiro atoms. The third-order valence-corrected chi connectivity index (χ3v) is 9.48. The fraction of sp³-hybridized carbons (Fsp3) is 0.500. The van der Waals surface area contributed by atoms with Gasteiger partial charge in [-0.1, -0.05) is 12.1 Å². The number of methoxy groups -OCH3 is 1. The summed E-state index contributed by atoms with van der Waals surface area (Å²) in [6, 6.07) is 5.28. The minimum absolute atomic E-state index is 0. The number of carbonyl (C=O) groups is 3. The van der Waals surface area contributed by atoms with E-state index in [2.05, 4.69) is 6.07 Å². The van der Waals surface area contributed by atoms with Crippen LogP contribution in [0.15, 0.2) is 18.2 Å². The van der Waals surface area contributed by atoms with Crippen LogP contribution >= 0.6 is 0 Å². The molecule has 2 aromatic rings. The van der Waals surface area contributed by atoms with Gasteiger partial charge in [0.25, 0.3) is 0 Å². The molecule has 4 aliphatic rings. The van der Waals surface area contributed by atoms with Crippen LogP contribution in [0.3, 0.4) is 0 Å². The molecule has 7 atom stereocenters. The Hall–Kier alpha value is -3.98. The Morgan fingerprint density at radius 1 is 1.17 bits per heavy atom. The number of ether oxygens (including phenoxy) is 4. The Kier molecular flexibility index (Phi) is 9.43. The van der Waals surface area contributed by atoms with Crippen molar-refractivity contribution in [2.45, 2.75) is 68.5 Å². The smallest absolute Gasteiger partial charge is 0.202 e. The zero-order valence-electron chi connectivity index (χ0n) is 25.6. The molecule has 1 unspecified atom stereocenters. The van der Waals surface area contributed by atoms with E-state index < -0.39 is 102 Å². The average molecular weight is 657 g/mol. The van der Waals surface area contributed by atoms with Gasteiger partial charge in [0.2, 0.25) is 5.78 Å². The second-order valence-corrected chi connectivity index (χ2v) is 12.0. The molecule has 0 amide bonds. The van der Waals surface area contributed by atoms with Gasteiger partial charge in [0.1, 0.15) is 35.5 Å². The van der Waals surface area contributed by atoms with Crippen molar-refractivity contribution in [1.82, 2.24) is 4.90 Å². The van der Waals surface area contributed by atoms with E-state index in [1.54, 1.807) is 11.8 Å². The topological polar surface area (TPSA) is 248 Å². The van der Waals surface area contributed by atoms with Crippen LogP contribution in [0.25, 0.3) is 0 Å². The molecular formula is C32H36N2O13. The Labute approximate surface area is 268 Å². The molecular weight excluding hydrogens is 620 g/mol. The summed E-state index contributed by atoms with van der Waals surface area (Å²) < 4.78 is 23.0. The van der Waals surface area contributed by atoms with Gasteiger partial charge in [0.05, 0.1) is 61.4 Å². The van der Waals surface area contributed by atoms with Crippen LogP contribution in [0, 0.1) is 11.3 Å². The van der Waals surface area contributed by atoms with Gasteiger partial charge in [-0.05, 0) is 13.0 Å². The number of carbonyl (C=O) groups excluding carboxylic acids is 3. The number of benzene rings is 2. The van der Waals surface area contributed by atoms with E-state index in [0.29, 0.717) is 13.2 Å². The highest BCUT2D eigenvalue weighted by Gasteiger charge is 2.51. The maximum absolute atomic E-state index is 13.9. The molecule has 0 aromatic heterocycles. The van der Waals surface area contributed by atoms with Crippen LogP contribution in [0.4, 0.5) is 0 Å². The van der Waals surface area contributed by atoms with Gasteiger partial charge >= 0.3 is 0 Å². The van der Waals surface area contributed by atoms with Gasteiger partial charge in [-0.15, -0.1) is 0 Å². The quantitative estimate of drug-likeness (QED) is 0.209. The molecule has 0 bridgehead atoms. The highest BCUT2D eigenvalue weighted by atomic mass is 16.7. The highest BCUT2D eigenvalue weighted by Crippen LogP contribution is 2.52. The van der Waals surface area contributed by atoms with Crippen LogP contribution < -0.4 is 4.74 Å². The lowest BCUT2D eigenvalue weighted by Crippen LogP contribution is -2.60. The molecule has 2 aromatic carbocycles. The van der Waals surface area contributed by atoms with Crippen molar-refractivity contribution in [3.8, 4) is 23.3 Å². The number of fused-ring (bicyclic) bond motifs is 3. The molecule has 0 saturated carbocycles. The summed E-state index contributed by atoms with van der Waals surface area (Å²) in [6.07, 6.45) is -5.39. The van der Waals surface area contributed by atoms with Gasteiger partial charge in [0.15, 0.2) is 17.9 Å². The Balaban J connectivity index is 0.00000433. The van der Waals surface area contributed by atoms with Crippen molar-refractivity contribution < 1.29 is 64.3 Å². The number of aromatic hydroxyl groups is 2. The molecule has 252 valence electrons. The summed E-state index contributed by atoms with van der Waals surface area (Å²) in [5.41, 5.74) is -3.78. The Morgan fingerprint density at radius 3 is 2.57 bits per heavy atom. The lowest BCUT2D eigenvalue weighted by molar-refractivity contribution is -0.262. The number of Topliss-reactive ketones (excluding diaryl/α,β-unsaturated/α-hetero) is 1. The Bertz CT molecular complexity index is 1650. The number of rotatable bonds is 6. The van der Waals surface area contributed by atoms with Crippen LogP contribution in [-0.2, 0) is 25.4 Å². The van der Waals surface area contributed by atoms with Gasteiger partial charge in [-0.3, -0.25) is 19.3 Å². The van der Waals surface area contributed by atoms with Crippen molar-refractivity contribution in [3.05, 3.63) is 51.6 Å². The zero-order chi connectivity index (χ0) is 33.1. The number of nitrogens with zero attached hydrogens (tertiary/aromatic N) is 2. The molecule has 2 saturated heterocycles. The predicted octanol–water partition coefficient (Wildman–Crippen LogP) is -0.558. The van der Waals surface area contributed by atoms with Gasteiger partial charge < -0.3 is 50.0 Å². The number of nitriles is 1. The van der Waals surface area contributed by atoms with Crippen LogP contribution in [0.5, 0.6) is 17.2 Å². The van der Waals surface area contributed by atoms with Crippen molar-refractivity contribution in [3.63, 3.8) is 0 Å². The molecule has 15 nitrogen and oxygen atoms in total. The maximum atomic E-state index is 13.9. The molecule has 15 heteroatoms. The van der Waals surface area contributed by atoms with E-state index in [-0.39, 0.29) is 46.5 Å². The zero-order valence-corrected chi connectivity index (χ0v) is 25.6. The second kappa shape index (κ2) is 12.9. The van der Waals surface area contributed by atoms with E-state index in [4.69, 9.17) is 18.9 Å². The predicted molar refractivity (Wildman–Crippen MR) is 158 cm³/mol. The van der Waals surface area contributed by atoms with Crippen molar-refractivity contribution in [1.29, 1.82) is 5.26 Å². The number of ketones is 3. The van der Waals surface area contributed by atoms with E-state index in [0.717, 1.165) is 0 Å². The number of aliphatic hydroxyl groups is 3. The normalized spacial score (nSPS) is 30.3. The van der Waals surface area contributed by atoms with Crippen molar-refractivity contribution >= 4 is 17.3 Å². The third-order valence-electron chi connectivity index (χ3n) is 9.48. The fourth-order valence-electron chi connectivity index (χ4n) is 7.15. The SMILES string of the molecule is COc1cccc2c1C(=O)c1c(O)c3c(c(O)c1C2=O)C[C@@](O)(C(=O)CO)C[C@@H]3O[C@H]1C[C@H](N2CCOCC2C#N)[C@H](O)[C@H](C)O1.O. The third kappa shape index (κ3) is 5.46. The minimum Gasteiger partial charge on any atom is -0.507 e. The molecule has 2 heterocycles. The summed E-state index contributed by atoms with van der Waals surface area (Å²) in [7, 11) is 1.32. The number of phenolic OH excluding ortho intramolecular Hbond substituents is 2. The van der Waals surface area contributed by atoms with Crippen LogP contribution in [-0.4, -0.2) is 123 Å². The summed E-state index contributed by atoms with van der Waals surface area (Å²) >= 11 is 0. The molecule has 47 heavy (non-hydrogen) atoms. The first-order valence-electron chi connectivity index (χ1n) is 14.9. The summed E-state index contributed by atoms with van der Waals surface area (Å²) in [6.45, 7) is 1.42. The van der Waals surface area contributed by atoms with Crippen LogP contribution in [0.1, 0.15) is 68.8 Å².